The van der Waals surface area contributed by atoms with Gasteiger partial charge in [-0.25, -0.2) is 4.79 Å². The van der Waals surface area contributed by atoms with Crippen LogP contribution in [0.1, 0.15) is 95.9 Å². The molecule has 2 aromatic carbocycles. The lowest BCUT2D eigenvalue weighted by Gasteiger charge is -2.29. The van der Waals surface area contributed by atoms with Crippen molar-refractivity contribution in [2.75, 3.05) is 0 Å². The molecule has 0 bridgehead atoms. The summed E-state index contributed by atoms with van der Waals surface area (Å²) in [7, 11) is 0. The second-order valence-corrected chi connectivity index (χ2v) is 13.2. The Balaban J connectivity index is 1.35. The monoisotopic (exact) mass is 550 g/mol. The first-order valence-electron chi connectivity index (χ1n) is 13.9. The number of ether oxygens (including phenoxy) is 2. The summed E-state index contributed by atoms with van der Waals surface area (Å²) in [6.45, 7) is 13.0. The molecule has 1 aliphatic heterocycles. The fraction of sp³-hybridized carbons (Fsp3) is 0.516. The molecule has 39 heavy (non-hydrogen) atoms. The minimum absolute atomic E-state index is 0.0854. The van der Waals surface area contributed by atoms with Gasteiger partial charge in [0.1, 0.15) is 17.2 Å². The van der Waals surface area contributed by atoms with E-state index in [0.29, 0.717) is 18.1 Å². The van der Waals surface area contributed by atoms with E-state index in [1.165, 1.54) is 5.56 Å². The van der Waals surface area contributed by atoms with Crippen LogP contribution in [0.3, 0.4) is 0 Å². The predicted molar refractivity (Wildman–Crippen MR) is 153 cm³/mol. The number of carbonyl (C=O) groups is 1. The SMILES string of the molecule is CC(C)(C)OC(=O)N1Cc2cc(Cl)ccc2-n2c(nnc2C2CCC(Oc3cccc(C(C)(C)C)c3)CC2)C1. The van der Waals surface area contributed by atoms with Crippen molar-refractivity contribution in [3.63, 3.8) is 0 Å². The van der Waals surface area contributed by atoms with Gasteiger partial charge in [0, 0.05) is 10.9 Å². The number of carbonyl (C=O) groups excluding carboxylic acids is 1. The number of halogens is 1. The third kappa shape index (κ3) is 6.24. The molecule has 2 aliphatic rings. The second-order valence-electron chi connectivity index (χ2n) is 12.8. The van der Waals surface area contributed by atoms with Gasteiger partial charge in [0.25, 0.3) is 0 Å². The molecule has 3 aromatic rings. The van der Waals surface area contributed by atoms with Gasteiger partial charge in [-0.15, -0.1) is 10.2 Å². The lowest BCUT2D eigenvalue weighted by molar-refractivity contribution is 0.0214. The van der Waals surface area contributed by atoms with Crippen molar-refractivity contribution >= 4 is 17.7 Å². The van der Waals surface area contributed by atoms with E-state index in [1.807, 2.05) is 39.0 Å². The van der Waals surface area contributed by atoms with Gasteiger partial charge in [0.15, 0.2) is 5.82 Å². The number of nitrogens with zero attached hydrogens (tertiary/aromatic N) is 4. The summed E-state index contributed by atoms with van der Waals surface area (Å²) < 4.78 is 14.2. The molecule has 5 rings (SSSR count). The maximum Gasteiger partial charge on any atom is 0.411 e. The summed E-state index contributed by atoms with van der Waals surface area (Å²) in [5.74, 6) is 2.86. The van der Waals surface area contributed by atoms with Crippen LogP contribution in [0.15, 0.2) is 42.5 Å². The summed E-state index contributed by atoms with van der Waals surface area (Å²) in [6.07, 6.45) is 3.62. The molecule has 1 amide bonds. The lowest BCUT2D eigenvalue weighted by Crippen LogP contribution is -2.35. The smallest absolute Gasteiger partial charge is 0.411 e. The quantitative estimate of drug-likeness (QED) is 0.336. The zero-order valence-electron chi connectivity index (χ0n) is 23.8. The Kier molecular flexibility index (Phi) is 7.40. The molecule has 0 spiro atoms. The second kappa shape index (κ2) is 10.5. The highest BCUT2D eigenvalue weighted by molar-refractivity contribution is 6.30. The lowest BCUT2D eigenvalue weighted by atomic mass is 9.86. The Hall–Kier alpha value is -3.06. The van der Waals surface area contributed by atoms with Crippen molar-refractivity contribution in [1.29, 1.82) is 0 Å². The first kappa shape index (κ1) is 27.5. The average molecular weight is 551 g/mol. The van der Waals surface area contributed by atoms with Crippen molar-refractivity contribution in [2.24, 2.45) is 0 Å². The van der Waals surface area contributed by atoms with Crippen LogP contribution >= 0.6 is 11.6 Å². The zero-order valence-corrected chi connectivity index (χ0v) is 24.6. The van der Waals surface area contributed by atoms with Crippen LogP contribution in [0.2, 0.25) is 5.02 Å². The molecule has 1 aromatic heterocycles. The van der Waals surface area contributed by atoms with E-state index in [9.17, 15) is 4.79 Å². The Labute approximate surface area is 236 Å². The van der Waals surface area contributed by atoms with E-state index in [1.54, 1.807) is 4.90 Å². The Bertz CT molecular complexity index is 1350. The number of fused-ring (bicyclic) bond motifs is 3. The van der Waals surface area contributed by atoms with Crippen molar-refractivity contribution in [1.82, 2.24) is 19.7 Å². The number of rotatable bonds is 3. The van der Waals surface area contributed by atoms with Crippen LogP contribution in [0.4, 0.5) is 4.79 Å². The fourth-order valence-electron chi connectivity index (χ4n) is 5.41. The van der Waals surface area contributed by atoms with Crippen LogP contribution in [-0.2, 0) is 23.2 Å². The van der Waals surface area contributed by atoms with Gasteiger partial charge in [0.2, 0.25) is 0 Å². The van der Waals surface area contributed by atoms with E-state index in [-0.39, 0.29) is 23.5 Å². The Morgan fingerprint density at radius 3 is 2.38 bits per heavy atom. The highest BCUT2D eigenvalue weighted by Gasteiger charge is 2.33. The molecule has 0 radical (unpaired) electrons. The molecular weight excluding hydrogens is 512 g/mol. The molecule has 208 valence electrons. The summed E-state index contributed by atoms with van der Waals surface area (Å²) in [5.41, 5.74) is 2.69. The largest absolute Gasteiger partial charge is 0.490 e. The van der Waals surface area contributed by atoms with Crippen LogP contribution in [0.25, 0.3) is 5.69 Å². The Morgan fingerprint density at radius 2 is 1.69 bits per heavy atom. The normalized spacial score (nSPS) is 19.6. The van der Waals surface area contributed by atoms with E-state index >= 15 is 0 Å². The average Bonchev–Trinajstić information content (AvgIpc) is 3.18. The molecule has 0 N–H and O–H groups in total. The van der Waals surface area contributed by atoms with Gasteiger partial charge in [-0.05, 0) is 93.3 Å². The van der Waals surface area contributed by atoms with Gasteiger partial charge < -0.3 is 9.47 Å². The minimum Gasteiger partial charge on any atom is -0.490 e. The van der Waals surface area contributed by atoms with Crippen LogP contribution < -0.4 is 4.74 Å². The van der Waals surface area contributed by atoms with E-state index in [0.717, 1.165) is 54.3 Å². The first-order valence-corrected chi connectivity index (χ1v) is 14.2. The topological polar surface area (TPSA) is 69.5 Å². The number of hydrogen-bond donors (Lipinski definition) is 0. The third-order valence-corrected chi connectivity index (χ3v) is 7.66. The highest BCUT2D eigenvalue weighted by atomic mass is 35.5. The van der Waals surface area contributed by atoms with Gasteiger partial charge in [-0.2, -0.15) is 0 Å². The fourth-order valence-corrected chi connectivity index (χ4v) is 5.61. The summed E-state index contributed by atoms with van der Waals surface area (Å²) >= 11 is 6.38. The van der Waals surface area contributed by atoms with Crippen LogP contribution in [0, 0.1) is 0 Å². The van der Waals surface area contributed by atoms with E-state index in [2.05, 4.69) is 59.8 Å². The first-order chi connectivity index (χ1) is 18.4. The van der Waals surface area contributed by atoms with Gasteiger partial charge >= 0.3 is 6.09 Å². The van der Waals surface area contributed by atoms with Crippen molar-refractivity contribution in [2.45, 2.75) is 103 Å². The minimum atomic E-state index is -0.589. The summed E-state index contributed by atoms with van der Waals surface area (Å²) in [6, 6.07) is 14.3. The molecule has 2 heterocycles. The molecular formula is C31H39ClN4O3. The molecule has 0 atom stereocenters. The third-order valence-electron chi connectivity index (χ3n) is 7.42. The molecule has 1 saturated carbocycles. The van der Waals surface area contributed by atoms with Gasteiger partial charge in [0.05, 0.1) is 24.9 Å². The highest BCUT2D eigenvalue weighted by Crippen LogP contribution is 2.38. The van der Waals surface area contributed by atoms with E-state index in [4.69, 9.17) is 21.1 Å². The number of hydrogen-bond acceptors (Lipinski definition) is 5. The maximum absolute atomic E-state index is 13.0. The molecule has 0 saturated heterocycles. The number of benzene rings is 2. The maximum atomic E-state index is 13.0. The van der Waals surface area contributed by atoms with E-state index < -0.39 is 5.60 Å². The van der Waals surface area contributed by atoms with Gasteiger partial charge in [-0.3, -0.25) is 9.47 Å². The predicted octanol–water partition coefficient (Wildman–Crippen LogP) is 7.57. The summed E-state index contributed by atoms with van der Waals surface area (Å²) in [4.78, 5) is 14.7. The Morgan fingerprint density at radius 1 is 0.949 bits per heavy atom. The zero-order chi connectivity index (χ0) is 27.9. The molecule has 7 nitrogen and oxygen atoms in total. The molecule has 1 aliphatic carbocycles. The van der Waals surface area contributed by atoms with Crippen LogP contribution in [0.5, 0.6) is 5.75 Å². The molecule has 0 unspecified atom stereocenters. The van der Waals surface area contributed by atoms with Crippen molar-refractivity contribution < 1.29 is 14.3 Å². The molecule has 8 heteroatoms. The standard InChI is InChI=1S/C31H39ClN4O3/c1-30(2,3)22-8-7-9-25(17-22)38-24-13-10-20(11-14-24)28-34-33-27-19-35(29(37)39-31(4,5)6)18-21-16-23(32)12-15-26(21)36(27)28/h7-9,12,15-17,20,24H,10-11,13-14,18-19H2,1-6H3. The van der Waals surface area contributed by atoms with Crippen molar-refractivity contribution in [3.8, 4) is 11.4 Å². The molecule has 1 fully saturated rings. The number of amides is 1. The van der Waals surface area contributed by atoms with Gasteiger partial charge in [-0.1, -0.05) is 44.5 Å². The number of aromatic nitrogens is 3. The summed E-state index contributed by atoms with van der Waals surface area (Å²) in [5, 5.41) is 9.85. The van der Waals surface area contributed by atoms with Crippen LogP contribution in [-0.4, -0.2) is 37.5 Å². The van der Waals surface area contributed by atoms with Crippen molar-refractivity contribution in [3.05, 3.63) is 70.3 Å².